The summed E-state index contributed by atoms with van der Waals surface area (Å²) in [5.74, 6) is 0.358. The number of halogens is 1. The highest BCUT2D eigenvalue weighted by Crippen LogP contribution is 2.24. The van der Waals surface area contributed by atoms with Gasteiger partial charge in [0, 0.05) is 16.6 Å². The molecule has 0 saturated heterocycles. The third kappa shape index (κ3) is 3.37. The molecule has 98 valence electrons. The number of aliphatic hydroxyl groups excluding tert-OH is 1. The molecule has 1 unspecified atom stereocenters. The van der Waals surface area contributed by atoms with Crippen LogP contribution >= 0.6 is 11.6 Å². The minimum atomic E-state index is -0.586. The first-order chi connectivity index (χ1) is 8.60. The van der Waals surface area contributed by atoms with E-state index in [1.165, 1.54) is 0 Å². The first-order valence-corrected chi connectivity index (χ1v) is 6.34. The summed E-state index contributed by atoms with van der Waals surface area (Å²) in [6, 6.07) is 5.27. The maximum atomic E-state index is 11.7. The zero-order chi connectivity index (χ0) is 13.1. The normalized spacial score (nSPS) is 16.2. The molecule has 1 atom stereocenters. The Morgan fingerprint density at radius 1 is 1.61 bits per heavy atom. The molecular formula is C13H16ClNO3. The maximum Gasteiger partial charge on any atom is 0.260 e. The summed E-state index contributed by atoms with van der Waals surface area (Å²) in [7, 11) is 0. The van der Waals surface area contributed by atoms with Crippen molar-refractivity contribution in [3.63, 3.8) is 0 Å². The second kappa shape index (κ2) is 5.59. The van der Waals surface area contributed by atoms with Gasteiger partial charge in [-0.05, 0) is 38.0 Å². The lowest BCUT2D eigenvalue weighted by Gasteiger charge is -2.16. The standard InChI is InChI=1S/C13H16ClNO3/c1-8(13(17)15-11-3-4-11)18-12-5-2-10(14)6-9(12)7-16/h2,5-6,8,11,16H,3-4,7H2,1H3,(H,15,17). The molecule has 4 nitrogen and oxygen atoms in total. The number of hydrogen-bond donors (Lipinski definition) is 2. The summed E-state index contributed by atoms with van der Waals surface area (Å²) in [5.41, 5.74) is 0.577. The molecule has 0 spiro atoms. The van der Waals surface area contributed by atoms with E-state index < -0.39 is 6.10 Å². The SMILES string of the molecule is CC(Oc1ccc(Cl)cc1CO)C(=O)NC1CC1. The predicted octanol–water partition coefficient (Wildman–Crippen LogP) is 1.88. The number of rotatable bonds is 5. The number of ether oxygens (including phenoxy) is 1. The molecule has 0 radical (unpaired) electrons. The quantitative estimate of drug-likeness (QED) is 0.858. The highest BCUT2D eigenvalue weighted by Gasteiger charge is 2.26. The summed E-state index contributed by atoms with van der Waals surface area (Å²) >= 11 is 5.83. The average molecular weight is 270 g/mol. The number of carbonyl (C=O) groups is 1. The van der Waals surface area contributed by atoms with Gasteiger partial charge in [-0.2, -0.15) is 0 Å². The zero-order valence-corrected chi connectivity index (χ0v) is 10.9. The van der Waals surface area contributed by atoms with Crippen LogP contribution in [0.4, 0.5) is 0 Å². The van der Waals surface area contributed by atoms with Crippen molar-refractivity contribution in [3.05, 3.63) is 28.8 Å². The lowest BCUT2D eigenvalue weighted by molar-refractivity contribution is -0.127. The Morgan fingerprint density at radius 3 is 2.94 bits per heavy atom. The van der Waals surface area contributed by atoms with Crippen molar-refractivity contribution in [3.8, 4) is 5.75 Å². The van der Waals surface area contributed by atoms with Gasteiger partial charge >= 0.3 is 0 Å². The van der Waals surface area contributed by atoms with Crippen molar-refractivity contribution >= 4 is 17.5 Å². The monoisotopic (exact) mass is 269 g/mol. The number of amides is 1. The van der Waals surface area contributed by atoms with E-state index in [1.807, 2.05) is 0 Å². The fourth-order valence-electron chi connectivity index (χ4n) is 1.58. The molecule has 0 aliphatic heterocycles. The third-order valence-electron chi connectivity index (χ3n) is 2.79. The van der Waals surface area contributed by atoms with E-state index in [9.17, 15) is 9.90 Å². The van der Waals surface area contributed by atoms with Crippen LogP contribution in [-0.4, -0.2) is 23.2 Å². The number of carbonyl (C=O) groups excluding carboxylic acids is 1. The Bertz CT molecular complexity index is 446. The van der Waals surface area contributed by atoms with Crippen molar-refractivity contribution in [2.75, 3.05) is 0 Å². The van der Waals surface area contributed by atoms with Crippen LogP contribution in [-0.2, 0) is 11.4 Å². The smallest absolute Gasteiger partial charge is 0.260 e. The van der Waals surface area contributed by atoms with Crippen molar-refractivity contribution in [2.45, 2.75) is 38.5 Å². The molecule has 1 aromatic carbocycles. The molecule has 1 aliphatic carbocycles. The molecule has 1 saturated carbocycles. The van der Waals surface area contributed by atoms with Gasteiger partial charge in [-0.3, -0.25) is 4.79 Å². The summed E-state index contributed by atoms with van der Waals surface area (Å²) in [4.78, 5) is 11.7. The van der Waals surface area contributed by atoms with Crippen LogP contribution in [0.3, 0.4) is 0 Å². The molecule has 2 rings (SSSR count). The van der Waals surface area contributed by atoms with Crippen LogP contribution in [0.2, 0.25) is 5.02 Å². The van der Waals surface area contributed by atoms with E-state index in [4.69, 9.17) is 16.3 Å². The van der Waals surface area contributed by atoms with E-state index in [-0.39, 0.29) is 12.5 Å². The van der Waals surface area contributed by atoms with E-state index in [0.29, 0.717) is 22.4 Å². The molecule has 1 aliphatic rings. The lowest BCUT2D eigenvalue weighted by atomic mass is 10.2. The first kappa shape index (κ1) is 13.2. The van der Waals surface area contributed by atoms with Crippen molar-refractivity contribution in [1.29, 1.82) is 0 Å². The average Bonchev–Trinajstić information content (AvgIpc) is 3.15. The number of nitrogens with one attached hydrogen (secondary N) is 1. The predicted molar refractivity (Wildman–Crippen MR) is 68.6 cm³/mol. The molecule has 2 N–H and O–H groups in total. The van der Waals surface area contributed by atoms with E-state index in [1.54, 1.807) is 25.1 Å². The van der Waals surface area contributed by atoms with Crippen LogP contribution in [0.15, 0.2) is 18.2 Å². The molecule has 0 bridgehead atoms. The second-order valence-corrected chi connectivity index (χ2v) is 4.89. The molecule has 1 fully saturated rings. The van der Waals surface area contributed by atoms with Gasteiger partial charge in [0.1, 0.15) is 5.75 Å². The Kier molecular flexibility index (Phi) is 4.09. The van der Waals surface area contributed by atoms with E-state index >= 15 is 0 Å². The number of benzene rings is 1. The topological polar surface area (TPSA) is 58.6 Å². The van der Waals surface area contributed by atoms with Gasteiger partial charge in [-0.1, -0.05) is 11.6 Å². The van der Waals surface area contributed by atoms with Gasteiger partial charge in [0.25, 0.3) is 5.91 Å². The van der Waals surface area contributed by atoms with Crippen LogP contribution in [0, 0.1) is 0 Å². The van der Waals surface area contributed by atoms with E-state index in [0.717, 1.165) is 12.8 Å². The Morgan fingerprint density at radius 2 is 2.33 bits per heavy atom. The van der Waals surface area contributed by atoms with Crippen LogP contribution in [0.1, 0.15) is 25.3 Å². The van der Waals surface area contributed by atoms with Crippen LogP contribution in [0.25, 0.3) is 0 Å². The second-order valence-electron chi connectivity index (χ2n) is 4.45. The minimum absolute atomic E-state index is 0.128. The highest BCUT2D eigenvalue weighted by molar-refractivity contribution is 6.30. The van der Waals surface area contributed by atoms with Gasteiger partial charge in [0.15, 0.2) is 6.10 Å². The summed E-state index contributed by atoms with van der Waals surface area (Å²) in [5, 5.41) is 12.6. The van der Waals surface area contributed by atoms with Crippen LogP contribution in [0.5, 0.6) is 5.75 Å². The zero-order valence-electron chi connectivity index (χ0n) is 10.1. The van der Waals surface area contributed by atoms with E-state index in [2.05, 4.69) is 5.32 Å². The fourth-order valence-corrected chi connectivity index (χ4v) is 1.77. The Labute approximate surface area is 111 Å². The molecule has 1 aromatic rings. The summed E-state index contributed by atoms with van der Waals surface area (Å²) < 4.78 is 5.55. The third-order valence-corrected chi connectivity index (χ3v) is 3.02. The maximum absolute atomic E-state index is 11.7. The largest absolute Gasteiger partial charge is 0.481 e. The fraction of sp³-hybridized carbons (Fsp3) is 0.462. The van der Waals surface area contributed by atoms with Gasteiger partial charge in [0.05, 0.1) is 6.61 Å². The first-order valence-electron chi connectivity index (χ1n) is 5.96. The minimum Gasteiger partial charge on any atom is -0.481 e. The summed E-state index contributed by atoms with van der Waals surface area (Å²) in [6.45, 7) is 1.51. The molecule has 0 aromatic heterocycles. The summed E-state index contributed by atoms with van der Waals surface area (Å²) in [6.07, 6.45) is 1.50. The Hall–Kier alpha value is -1.26. The molecular weight excluding hydrogens is 254 g/mol. The molecule has 0 heterocycles. The molecule has 18 heavy (non-hydrogen) atoms. The van der Waals surface area contributed by atoms with Gasteiger partial charge in [-0.25, -0.2) is 0 Å². The van der Waals surface area contributed by atoms with Crippen molar-refractivity contribution in [2.24, 2.45) is 0 Å². The van der Waals surface area contributed by atoms with Gasteiger partial charge in [0.2, 0.25) is 0 Å². The van der Waals surface area contributed by atoms with Gasteiger partial charge < -0.3 is 15.2 Å². The Balaban J connectivity index is 2.00. The van der Waals surface area contributed by atoms with Crippen LogP contribution < -0.4 is 10.1 Å². The highest BCUT2D eigenvalue weighted by atomic mass is 35.5. The van der Waals surface area contributed by atoms with Crippen molar-refractivity contribution in [1.82, 2.24) is 5.32 Å². The number of aliphatic hydroxyl groups is 1. The lowest BCUT2D eigenvalue weighted by Crippen LogP contribution is -2.37. The van der Waals surface area contributed by atoms with Gasteiger partial charge in [-0.15, -0.1) is 0 Å². The molecule has 1 amide bonds. The van der Waals surface area contributed by atoms with Crippen molar-refractivity contribution < 1.29 is 14.6 Å². The molecule has 5 heteroatoms. The number of hydrogen-bond acceptors (Lipinski definition) is 3.